The highest BCUT2D eigenvalue weighted by Crippen LogP contribution is 2.27. The maximum absolute atomic E-state index is 11.0. The topological polar surface area (TPSA) is 73.6 Å². The van der Waals surface area contributed by atoms with Crippen LogP contribution in [0.25, 0.3) is 0 Å². The van der Waals surface area contributed by atoms with E-state index in [9.17, 15) is 10.1 Å². The average Bonchev–Trinajstić information content (AvgIpc) is 2.58. The number of anilines is 1. The fraction of sp³-hybridized carbons (Fsp3) is 0.294. The summed E-state index contributed by atoms with van der Waals surface area (Å²) >= 11 is 0. The van der Waals surface area contributed by atoms with Crippen LogP contribution in [0.4, 0.5) is 11.4 Å². The molecule has 122 valence electrons. The Morgan fingerprint density at radius 3 is 2.70 bits per heavy atom. The van der Waals surface area contributed by atoms with E-state index in [0.29, 0.717) is 19.8 Å². The van der Waals surface area contributed by atoms with Gasteiger partial charge in [-0.25, -0.2) is 0 Å². The lowest BCUT2D eigenvalue weighted by molar-refractivity contribution is -0.385. The molecule has 0 saturated heterocycles. The van der Waals surface area contributed by atoms with Gasteiger partial charge >= 0.3 is 5.69 Å². The first-order valence-corrected chi connectivity index (χ1v) is 7.36. The number of hydrogen-bond donors (Lipinski definition) is 1. The third-order valence-corrected chi connectivity index (χ3v) is 3.34. The monoisotopic (exact) mass is 316 g/mol. The molecule has 2 rings (SSSR count). The normalized spacial score (nSPS) is 10.3. The van der Waals surface area contributed by atoms with Crippen molar-refractivity contribution >= 4 is 11.4 Å². The lowest BCUT2D eigenvalue weighted by Gasteiger charge is -2.09. The van der Waals surface area contributed by atoms with Crippen LogP contribution in [0.3, 0.4) is 0 Å². The summed E-state index contributed by atoms with van der Waals surface area (Å²) in [5, 5.41) is 14.3. The maximum atomic E-state index is 11.0. The number of nitro groups is 1. The average molecular weight is 316 g/mol. The van der Waals surface area contributed by atoms with E-state index in [-0.39, 0.29) is 11.4 Å². The number of ether oxygens (including phenoxy) is 2. The highest BCUT2D eigenvalue weighted by Gasteiger charge is 2.14. The summed E-state index contributed by atoms with van der Waals surface area (Å²) in [4.78, 5) is 10.6. The number of nitro benzene ring substituents is 1. The smallest absolute Gasteiger partial charge is 0.311 e. The van der Waals surface area contributed by atoms with Gasteiger partial charge in [-0.1, -0.05) is 18.2 Å². The first kappa shape index (κ1) is 16.8. The Bertz CT molecular complexity index is 673. The molecule has 0 radical (unpaired) electrons. The third kappa shape index (κ3) is 4.69. The number of methoxy groups -OCH3 is 1. The van der Waals surface area contributed by atoms with Gasteiger partial charge in [-0.3, -0.25) is 10.1 Å². The second-order valence-corrected chi connectivity index (χ2v) is 4.95. The van der Waals surface area contributed by atoms with E-state index in [1.54, 1.807) is 6.07 Å². The molecule has 0 aromatic heterocycles. The molecule has 23 heavy (non-hydrogen) atoms. The minimum Gasteiger partial charge on any atom is -0.490 e. The largest absolute Gasteiger partial charge is 0.490 e. The Balaban J connectivity index is 2.06. The quantitative estimate of drug-likeness (QED) is 0.593. The van der Waals surface area contributed by atoms with Crippen molar-refractivity contribution in [1.29, 1.82) is 0 Å². The molecule has 0 atom stereocenters. The van der Waals surface area contributed by atoms with E-state index in [1.807, 2.05) is 37.3 Å². The van der Waals surface area contributed by atoms with Gasteiger partial charge < -0.3 is 14.8 Å². The molecule has 0 aliphatic heterocycles. The summed E-state index contributed by atoms with van der Waals surface area (Å²) in [6.07, 6.45) is 0. The summed E-state index contributed by atoms with van der Waals surface area (Å²) in [5.74, 6) is 0.262. The zero-order chi connectivity index (χ0) is 16.7. The van der Waals surface area contributed by atoms with E-state index in [0.717, 1.165) is 16.8 Å². The molecule has 0 unspecified atom stereocenters. The van der Waals surface area contributed by atoms with Gasteiger partial charge in [0, 0.05) is 24.9 Å². The number of rotatable bonds is 8. The SMILES string of the molecule is CCOCc1cccc(NCc2ccc(OC)c([N+](=O)[O-])c2)c1. The van der Waals surface area contributed by atoms with Crippen molar-refractivity contribution in [2.45, 2.75) is 20.1 Å². The highest BCUT2D eigenvalue weighted by atomic mass is 16.6. The number of nitrogens with one attached hydrogen (secondary N) is 1. The molecular formula is C17H20N2O4. The molecule has 0 aliphatic rings. The fourth-order valence-electron chi connectivity index (χ4n) is 2.18. The van der Waals surface area contributed by atoms with Gasteiger partial charge in [0.25, 0.3) is 0 Å². The van der Waals surface area contributed by atoms with Gasteiger partial charge in [-0.2, -0.15) is 0 Å². The predicted octanol–water partition coefficient (Wildman–Crippen LogP) is 3.75. The Morgan fingerprint density at radius 2 is 2.00 bits per heavy atom. The molecule has 0 fully saturated rings. The number of nitrogens with zero attached hydrogens (tertiary/aromatic N) is 1. The highest BCUT2D eigenvalue weighted by molar-refractivity contribution is 5.51. The van der Waals surface area contributed by atoms with Crippen LogP contribution in [0.2, 0.25) is 0 Å². The Hall–Kier alpha value is -2.60. The lowest BCUT2D eigenvalue weighted by Crippen LogP contribution is -2.02. The van der Waals surface area contributed by atoms with Crippen molar-refractivity contribution in [2.24, 2.45) is 0 Å². The summed E-state index contributed by atoms with van der Waals surface area (Å²) in [5.41, 5.74) is 2.81. The standard InChI is InChI=1S/C17H20N2O4/c1-3-23-12-14-5-4-6-15(9-14)18-11-13-7-8-17(22-2)16(10-13)19(20)21/h4-10,18H,3,11-12H2,1-2H3. The molecule has 2 aromatic carbocycles. The van der Waals surface area contributed by atoms with Crippen molar-refractivity contribution in [1.82, 2.24) is 0 Å². The van der Waals surface area contributed by atoms with E-state index < -0.39 is 4.92 Å². The van der Waals surface area contributed by atoms with Crippen LogP contribution < -0.4 is 10.1 Å². The zero-order valence-electron chi connectivity index (χ0n) is 13.2. The molecule has 0 spiro atoms. The Labute approximate surface area is 135 Å². The van der Waals surface area contributed by atoms with Gasteiger partial charge in [-0.05, 0) is 36.2 Å². The van der Waals surface area contributed by atoms with Crippen LogP contribution in [-0.2, 0) is 17.9 Å². The Kier molecular flexibility index (Phi) is 5.94. The summed E-state index contributed by atoms with van der Waals surface area (Å²) in [6, 6.07) is 12.9. The molecule has 1 N–H and O–H groups in total. The van der Waals surface area contributed by atoms with E-state index >= 15 is 0 Å². The van der Waals surface area contributed by atoms with Crippen LogP contribution >= 0.6 is 0 Å². The van der Waals surface area contributed by atoms with Gasteiger partial charge in [0.1, 0.15) is 0 Å². The van der Waals surface area contributed by atoms with Crippen LogP contribution in [-0.4, -0.2) is 18.6 Å². The second kappa shape index (κ2) is 8.14. The minimum atomic E-state index is -0.439. The van der Waals surface area contributed by atoms with Crippen molar-refractivity contribution < 1.29 is 14.4 Å². The van der Waals surface area contributed by atoms with Crippen LogP contribution in [0.5, 0.6) is 5.75 Å². The van der Waals surface area contributed by atoms with Gasteiger partial charge in [0.15, 0.2) is 5.75 Å². The maximum Gasteiger partial charge on any atom is 0.311 e. The van der Waals surface area contributed by atoms with Crippen molar-refractivity contribution in [3.05, 3.63) is 63.7 Å². The van der Waals surface area contributed by atoms with E-state index in [2.05, 4.69) is 5.32 Å². The Morgan fingerprint density at radius 1 is 1.17 bits per heavy atom. The molecule has 6 nitrogen and oxygen atoms in total. The van der Waals surface area contributed by atoms with Crippen molar-refractivity contribution in [2.75, 3.05) is 19.0 Å². The predicted molar refractivity (Wildman–Crippen MR) is 88.7 cm³/mol. The summed E-state index contributed by atoms with van der Waals surface area (Å²) < 4.78 is 10.4. The minimum absolute atomic E-state index is 0.0307. The van der Waals surface area contributed by atoms with Gasteiger partial charge in [-0.15, -0.1) is 0 Å². The van der Waals surface area contributed by atoms with Gasteiger partial charge in [0.05, 0.1) is 18.6 Å². The fourth-order valence-corrected chi connectivity index (χ4v) is 2.18. The molecular weight excluding hydrogens is 296 g/mol. The number of hydrogen-bond acceptors (Lipinski definition) is 5. The molecule has 0 aliphatic carbocycles. The van der Waals surface area contributed by atoms with Crippen molar-refractivity contribution in [3.63, 3.8) is 0 Å². The van der Waals surface area contributed by atoms with Crippen molar-refractivity contribution in [3.8, 4) is 5.75 Å². The van der Waals surface area contributed by atoms with E-state index in [4.69, 9.17) is 9.47 Å². The number of benzene rings is 2. The summed E-state index contributed by atoms with van der Waals surface area (Å²) in [6.45, 7) is 3.69. The molecule has 0 bridgehead atoms. The van der Waals surface area contributed by atoms with E-state index in [1.165, 1.54) is 13.2 Å². The molecule has 6 heteroatoms. The van der Waals surface area contributed by atoms with Crippen LogP contribution in [0.1, 0.15) is 18.1 Å². The molecule has 0 amide bonds. The molecule has 2 aromatic rings. The second-order valence-electron chi connectivity index (χ2n) is 4.95. The van der Waals surface area contributed by atoms with Gasteiger partial charge in [0.2, 0.25) is 0 Å². The van der Waals surface area contributed by atoms with Crippen LogP contribution in [0, 0.1) is 10.1 Å². The van der Waals surface area contributed by atoms with Crippen LogP contribution in [0.15, 0.2) is 42.5 Å². The molecule has 0 heterocycles. The zero-order valence-corrected chi connectivity index (χ0v) is 13.2. The molecule has 0 saturated carbocycles. The lowest BCUT2D eigenvalue weighted by atomic mass is 10.1. The first-order valence-electron chi connectivity index (χ1n) is 7.36. The summed E-state index contributed by atoms with van der Waals surface area (Å²) in [7, 11) is 1.42. The third-order valence-electron chi connectivity index (χ3n) is 3.34. The first-order chi connectivity index (χ1) is 11.1.